The molecule has 0 radical (unpaired) electrons. The van der Waals surface area contributed by atoms with Gasteiger partial charge < -0.3 is 10.1 Å². The van der Waals surface area contributed by atoms with Gasteiger partial charge in [0.1, 0.15) is 6.04 Å². The van der Waals surface area contributed by atoms with E-state index in [4.69, 9.17) is 4.74 Å². The zero-order valence-electron chi connectivity index (χ0n) is 23.3. The fourth-order valence-corrected chi connectivity index (χ4v) is 7.13. The number of hydrogen-bond acceptors (Lipinski definition) is 5. The summed E-state index contributed by atoms with van der Waals surface area (Å²) in [6.07, 6.45) is 2.45. The van der Waals surface area contributed by atoms with Gasteiger partial charge in [-0.2, -0.15) is 0 Å². The number of nitrogens with zero attached hydrogens (tertiary/aromatic N) is 1. The molecule has 3 aromatic carbocycles. The van der Waals surface area contributed by atoms with Crippen molar-refractivity contribution in [1.82, 2.24) is 4.90 Å². The monoisotopic (exact) mass is 550 g/mol. The molecule has 0 saturated carbocycles. The van der Waals surface area contributed by atoms with E-state index in [1.807, 2.05) is 56.3 Å². The Balaban J connectivity index is 1.26. The van der Waals surface area contributed by atoms with Crippen LogP contribution >= 0.6 is 0 Å². The van der Waals surface area contributed by atoms with Gasteiger partial charge in [0.05, 0.1) is 11.8 Å². The molecule has 0 unspecified atom stereocenters. The molecule has 7 heteroatoms. The second-order valence-electron chi connectivity index (χ2n) is 11.1. The summed E-state index contributed by atoms with van der Waals surface area (Å²) in [7, 11) is 0. The quantitative estimate of drug-likeness (QED) is 0.293. The maximum Gasteiger partial charge on any atom is 0.329 e. The SMILES string of the molecule is CCCC[C@H](C(=O)OCC(=O)Nc1ccccc1CC)N1C(=O)[C@@H]2C3c4ccccc4C(c4ccccc43)[C@H]2C1=O. The molecule has 7 rings (SSSR count). The zero-order chi connectivity index (χ0) is 28.7. The van der Waals surface area contributed by atoms with Crippen molar-refractivity contribution in [3.8, 4) is 0 Å². The van der Waals surface area contributed by atoms with Crippen molar-refractivity contribution in [1.29, 1.82) is 0 Å². The standard InChI is InChI=1S/C34H34N2O5/c1-3-5-18-26(34(40)41-19-27(37)35-25-17-11-6-12-20(25)4-2)36-32(38)30-28-21-13-7-8-14-22(21)29(31(30)33(36)39)24-16-10-9-15-23(24)28/h6-17,26,28-31H,3-5,18-19H2,1-2H3,(H,35,37)/t26-,28?,29?,30-,31-/m1/s1. The normalized spacial score (nSPS) is 22.5. The van der Waals surface area contributed by atoms with Gasteiger partial charge in [-0.25, -0.2) is 4.79 Å². The number of hydrogen-bond donors (Lipinski definition) is 1. The largest absolute Gasteiger partial charge is 0.454 e. The number of rotatable bonds is 9. The van der Waals surface area contributed by atoms with Crippen molar-refractivity contribution in [2.75, 3.05) is 11.9 Å². The summed E-state index contributed by atoms with van der Waals surface area (Å²) in [5.74, 6) is -3.45. The molecular formula is C34H34N2O5. The lowest BCUT2D eigenvalue weighted by atomic mass is 9.55. The van der Waals surface area contributed by atoms with Crippen molar-refractivity contribution in [2.45, 2.75) is 57.4 Å². The van der Waals surface area contributed by atoms with Crippen LogP contribution in [0.5, 0.6) is 0 Å². The molecule has 4 aliphatic rings. The summed E-state index contributed by atoms with van der Waals surface area (Å²) in [5.41, 5.74) is 5.96. The molecule has 1 fully saturated rings. The smallest absolute Gasteiger partial charge is 0.329 e. The van der Waals surface area contributed by atoms with Gasteiger partial charge in [0.15, 0.2) is 6.61 Å². The highest BCUT2D eigenvalue weighted by Crippen LogP contribution is 2.61. The van der Waals surface area contributed by atoms with Gasteiger partial charge >= 0.3 is 5.97 Å². The molecule has 3 amide bonds. The topological polar surface area (TPSA) is 92.8 Å². The summed E-state index contributed by atoms with van der Waals surface area (Å²) in [6, 6.07) is 22.5. The van der Waals surface area contributed by atoms with Crippen molar-refractivity contribution in [3.05, 3.63) is 101 Å². The van der Waals surface area contributed by atoms with Crippen LogP contribution in [-0.4, -0.2) is 41.2 Å². The van der Waals surface area contributed by atoms with Crippen LogP contribution in [-0.2, 0) is 30.3 Å². The highest BCUT2D eigenvalue weighted by atomic mass is 16.5. The molecule has 3 aromatic rings. The Morgan fingerprint density at radius 2 is 1.32 bits per heavy atom. The van der Waals surface area contributed by atoms with E-state index in [1.165, 1.54) is 4.90 Å². The number of para-hydroxylation sites is 1. The first-order valence-electron chi connectivity index (χ1n) is 14.5. The van der Waals surface area contributed by atoms with Crippen molar-refractivity contribution >= 4 is 29.4 Å². The molecular weight excluding hydrogens is 516 g/mol. The molecule has 0 spiro atoms. The molecule has 1 saturated heterocycles. The van der Waals surface area contributed by atoms with Crippen LogP contribution in [0.2, 0.25) is 0 Å². The molecule has 1 aliphatic heterocycles. The number of aryl methyl sites for hydroxylation is 1. The van der Waals surface area contributed by atoms with Crippen LogP contribution in [0.3, 0.4) is 0 Å². The van der Waals surface area contributed by atoms with Crippen molar-refractivity contribution < 1.29 is 23.9 Å². The van der Waals surface area contributed by atoms with E-state index in [0.29, 0.717) is 18.5 Å². The lowest BCUT2D eigenvalue weighted by molar-refractivity contribution is -0.160. The predicted molar refractivity (Wildman–Crippen MR) is 154 cm³/mol. The van der Waals surface area contributed by atoms with Crippen LogP contribution in [0.25, 0.3) is 0 Å². The van der Waals surface area contributed by atoms with E-state index in [0.717, 1.165) is 40.7 Å². The Morgan fingerprint density at radius 1 is 0.805 bits per heavy atom. The average Bonchev–Trinajstić information content (AvgIpc) is 3.26. The van der Waals surface area contributed by atoms with Crippen LogP contribution in [0, 0.1) is 11.8 Å². The zero-order valence-corrected chi connectivity index (χ0v) is 23.3. The van der Waals surface area contributed by atoms with E-state index in [1.54, 1.807) is 6.07 Å². The maximum absolute atomic E-state index is 14.1. The summed E-state index contributed by atoms with van der Waals surface area (Å²) < 4.78 is 5.47. The lowest BCUT2D eigenvalue weighted by Gasteiger charge is -2.45. The van der Waals surface area contributed by atoms with E-state index < -0.39 is 36.4 Å². The Kier molecular flexibility index (Phi) is 7.20. The lowest BCUT2D eigenvalue weighted by Crippen LogP contribution is -2.47. The van der Waals surface area contributed by atoms with Gasteiger partial charge in [0, 0.05) is 17.5 Å². The van der Waals surface area contributed by atoms with Gasteiger partial charge in [-0.1, -0.05) is 93.4 Å². The first-order chi connectivity index (χ1) is 20.0. The molecule has 2 bridgehead atoms. The molecule has 210 valence electrons. The third-order valence-corrected chi connectivity index (χ3v) is 8.92. The molecule has 7 nitrogen and oxygen atoms in total. The minimum atomic E-state index is -1.07. The van der Waals surface area contributed by atoms with Gasteiger partial charge in [-0.05, 0) is 46.7 Å². The minimum Gasteiger partial charge on any atom is -0.454 e. The number of benzene rings is 3. The van der Waals surface area contributed by atoms with Crippen LogP contribution in [0.4, 0.5) is 5.69 Å². The van der Waals surface area contributed by atoms with Crippen LogP contribution in [0.1, 0.15) is 72.8 Å². The second-order valence-corrected chi connectivity index (χ2v) is 11.1. The highest BCUT2D eigenvalue weighted by molar-refractivity contribution is 6.10. The van der Waals surface area contributed by atoms with Crippen molar-refractivity contribution in [3.63, 3.8) is 0 Å². The molecule has 3 aliphatic carbocycles. The number of amides is 3. The predicted octanol–water partition coefficient (Wildman–Crippen LogP) is 5.18. The molecule has 1 N–H and O–H groups in total. The summed E-state index contributed by atoms with van der Waals surface area (Å²) in [6.45, 7) is 3.49. The summed E-state index contributed by atoms with van der Waals surface area (Å²) >= 11 is 0. The molecule has 1 heterocycles. The number of ether oxygens (including phenoxy) is 1. The number of imide groups is 1. The molecule has 41 heavy (non-hydrogen) atoms. The number of carbonyl (C=O) groups excluding carboxylic acids is 4. The fourth-order valence-electron chi connectivity index (χ4n) is 7.13. The Morgan fingerprint density at radius 3 is 1.83 bits per heavy atom. The molecule has 3 atom stereocenters. The van der Waals surface area contributed by atoms with E-state index in [9.17, 15) is 19.2 Å². The summed E-state index contributed by atoms with van der Waals surface area (Å²) in [5, 5.41) is 2.80. The van der Waals surface area contributed by atoms with Crippen LogP contribution < -0.4 is 5.32 Å². The first kappa shape index (κ1) is 26.9. The van der Waals surface area contributed by atoms with Crippen LogP contribution in [0.15, 0.2) is 72.8 Å². The van der Waals surface area contributed by atoms with Gasteiger partial charge in [0.25, 0.3) is 5.91 Å². The van der Waals surface area contributed by atoms with Crippen molar-refractivity contribution in [2.24, 2.45) is 11.8 Å². The number of esters is 1. The Bertz CT molecular complexity index is 1420. The molecule has 0 aromatic heterocycles. The average molecular weight is 551 g/mol. The Hall–Kier alpha value is -4.26. The highest BCUT2D eigenvalue weighted by Gasteiger charge is 2.63. The number of unbranched alkanes of at least 4 members (excludes halogenated alkanes) is 1. The third-order valence-electron chi connectivity index (χ3n) is 8.92. The van der Waals surface area contributed by atoms with E-state index in [2.05, 4.69) is 29.6 Å². The van der Waals surface area contributed by atoms with Gasteiger partial charge in [-0.15, -0.1) is 0 Å². The third kappa shape index (κ3) is 4.44. The number of anilines is 1. The minimum absolute atomic E-state index is 0.244. The Labute approximate surface area is 239 Å². The van der Waals surface area contributed by atoms with E-state index >= 15 is 0 Å². The van der Waals surface area contributed by atoms with E-state index in [-0.39, 0.29) is 23.7 Å². The maximum atomic E-state index is 14.1. The fraction of sp³-hybridized carbons (Fsp3) is 0.353. The van der Waals surface area contributed by atoms with Gasteiger partial charge in [-0.3, -0.25) is 19.3 Å². The number of carbonyl (C=O) groups is 4. The first-order valence-corrected chi connectivity index (χ1v) is 14.5. The van der Waals surface area contributed by atoms with Gasteiger partial charge in [0.2, 0.25) is 11.8 Å². The summed E-state index contributed by atoms with van der Waals surface area (Å²) in [4.78, 5) is 55.6. The number of nitrogens with one attached hydrogen (secondary N) is 1. The second kappa shape index (κ2) is 11.0. The number of likely N-dealkylation sites (tertiary alicyclic amines) is 1.